The van der Waals surface area contributed by atoms with Crippen molar-refractivity contribution in [1.82, 2.24) is 14.7 Å². The summed E-state index contributed by atoms with van der Waals surface area (Å²) in [5, 5.41) is 6.94. The maximum Gasteiger partial charge on any atom is 0.251 e. The molecule has 1 aliphatic rings. The zero-order valence-corrected chi connectivity index (χ0v) is 20.2. The summed E-state index contributed by atoms with van der Waals surface area (Å²) >= 11 is 0. The Morgan fingerprint density at radius 2 is 1.82 bits per heavy atom. The number of carbonyl (C=O) groups is 1. The molecule has 0 aliphatic heterocycles. The van der Waals surface area contributed by atoms with E-state index in [0.29, 0.717) is 18.2 Å². The largest absolute Gasteiger partial charge is 0.494 e. The van der Waals surface area contributed by atoms with Gasteiger partial charge in [0.25, 0.3) is 5.91 Å². The van der Waals surface area contributed by atoms with Gasteiger partial charge in [-0.2, -0.15) is 0 Å². The van der Waals surface area contributed by atoms with Gasteiger partial charge in [-0.05, 0) is 73.8 Å². The van der Waals surface area contributed by atoms with Gasteiger partial charge in [0.15, 0.2) is 0 Å². The number of hydrogen-bond acceptors (Lipinski definition) is 4. The van der Waals surface area contributed by atoms with Crippen molar-refractivity contribution in [3.05, 3.63) is 59.9 Å². The number of imidazole rings is 1. The molecule has 0 spiro atoms. The number of carbonyl (C=O) groups excluding carboxylic acids is 1. The van der Waals surface area contributed by atoms with Crippen LogP contribution in [0.25, 0.3) is 5.65 Å². The summed E-state index contributed by atoms with van der Waals surface area (Å²) in [6, 6.07) is 14.2. The Morgan fingerprint density at radius 1 is 1.12 bits per heavy atom. The van der Waals surface area contributed by atoms with Crippen LogP contribution in [0.1, 0.15) is 68.9 Å². The van der Waals surface area contributed by atoms with Crippen LogP contribution >= 0.6 is 0 Å². The quantitative estimate of drug-likeness (QED) is 0.511. The predicted octanol–water partition coefficient (Wildman–Crippen LogP) is 4.14. The first-order valence-corrected chi connectivity index (χ1v) is 12.1. The molecule has 2 aromatic heterocycles. The number of benzene rings is 1. The minimum absolute atomic E-state index is 0.00802. The number of nitrogens with one attached hydrogen (secondary N) is 2. The fraction of sp³-hybridized carbons (Fsp3) is 0.462. The molecule has 1 aliphatic carbocycles. The van der Waals surface area contributed by atoms with Crippen LogP contribution in [0.3, 0.4) is 0 Å². The van der Waals surface area contributed by atoms with Gasteiger partial charge in [-0.3, -0.25) is 9.20 Å². The summed E-state index contributed by atoms with van der Waals surface area (Å²) in [7, 11) is 2.19. The average Bonchev–Trinajstić information content (AvgIpc) is 3.25. The third-order valence-corrected chi connectivity index (χ3v) is 6.26. The van der Waals surface area contributed by atoms with Gasteiger partial charge in [-0.15, -0.1) is 0 Å². The SMILES string of the molecule is BC(C)(C)c1cn2c(NC3CCC(NC(=O)c4ccc(OCCC)cc4)CC3)cccc2n1. The van der Waals surface area contributed by atoms with Gasteiger partial charge in [0.05, 0.1) is 12.3 Å². The third kappa shape index (κ3) is 5.70. The Bertz CT molecular complexity index is 1080. The van der Waals surface area contributed by atoms with Crippen molar-refractivity contribution in [2.75, 3.05) is 11.9 Å². The Kier molecular flexibility index (Phi) is 6.96. The van der Waals surface area contributed by atoms with Crippen LogP contribution in [0, 0.1) is 0 Å². The molecule has 0 radical (unpaired) electrons. The molecular weight excluding hydrogens is 411 g/mol. The molecule has 1 amide bonds. The number of amides is 1. The van der Waals surface area contributed by atoms with E-state index >= 15 is 0 Å². The molecule has 2 heterocycles. The minimum atomic E-state index is -0.00802. The minimum Gasteiger partial charge on any atom is -0.494 e. The molecule has 1 fully saturated rings. The predicted molar refractivity (Wildman–Crippen MR) is 136 cm³/mol. The molecule has 0 saturated heterocycles. The first-order valence-electron chi connectivity index (χ1n) is 12.1. The van der Waals surface area contributed by atoms with Gasteiger partial charge in [0, 0.05) is 23.8 Å². The zero-order valence-electron chi connectivity index (χ0n) is 20.2. The highest BCUT2D eigenvalue weighted by Gasteiger charge is 2.24. The van der Waals surface area contributed by atoms with Crippen LogP contribution in [-0.4, -0.2) is 41.8 Å². The lowest BCUT2D eigenvalue weighted by Crippen LogP contribution is -2.40. The molecule has 1 saturated carbocycles. The lowest BCUT2D eigenvalue weighted by atomic mass is 9.70. The maximum absolute atomic E-state index is 12.7. The summed E-state index contributed by atoms with van der Waals surface area (Å²) in [4.78, 5) is 17.5. The van der Waals surface area contributed by atoms with E-state index in [1.54, 1.807) is 0 Å². The van der Waals surface area contributed by atoms with E-state index in [2.05, 4.69) is 68.0 Å². The van der Waals surface area contributed by atoms with E-state index in [-0.39, 0.29) is 17.3 Å². The van der Waals surface area contributed by atoms with E-state index in [0.717, 1.165) is 55.0 Å². The second-order valence-corrected chi connectivity index (χ2v) is 10.1. The third-order valence-electron chi connectivity index (χ3n) is 6.26. The van der Waals surface area contributed by atoms with Crippen molar-refractivity contribution in [2.24, 2.45) is 0 Å². The van der Waals surface area contributed by atoms with Crippen LogP contribution < -0.4 is 15.4 Å². The lowest BCUT2D eigenvalue weighted by molar-refractivity contribution is 0.0926. The van der Waals surface area contributed by atoms with Gasteiger partial charge in [-0.1, -0.05) is 26.8 Å². The molecule has 174 valence electrons. The number of hydrogen-bond donors (Lipinski definition) is 2. The van der Waals surface area contributed by atoms with Crippen molar-refractivity contribution in [3.63, 3.8) is 0 Å². The number of rotatable bonds is 8. The molecule has 0 unspecified atom stereocenters. The summed E-state index contributed by atoms with van der Waals surface area (Å²) < 4.78 is 7.76. The number of fused-ring (bicyclic) bond motifs is 1. The Morgan fingerprint density at radius 3 is 2.48 bits per heavy atom. The number of aromatic nitrogens is 2. The highest BCUT2D eigenvalue weighted by molar-refractivity contribution is 6.15. The Hall–Kier alpha value is -2.96. The first-order chi connectivity index (χ1) is 15.8. The second kappa shape index (κ2) is 9.90. The smallest absolute Gasteiger partial charge is 0.251 e. The molecule has 2 N–H and O–H groups in total. The number of pyridine rings is 1. The van der Waals surface area contributed by atoms with Crippen LogP contribution in [0.4, 0.5) is 5.82 Å². The van der Waals surface area contributed by atoms with E-state index < -0.39 is 0 Å². The van der Waals surface area contributed by atoms with Gasteiger partial charge >= 0.3 is 0 Å². The fourth-order valence-electron chi connectivity index (χ4n) is 4.27. The van der Waals surface area contributed by atoms with Crippen LogP contribution in [-0.2, 0) is 5.31 Å². The summed E-state index contributed by atoms with van der Waals surface area (Å²) in [5.74, 6) is 1.88. The number of nitrogens with zero attached hydrogens (tertiary/aromatic N) is 2. The average molecular weight is 446 g/mol. The maximum atomic E-state index is 12.7. The van der Waals surface area contributed by atoms with E-state index in [9.17, 15) is 4.79 Å². The van der Waals surface area contributed by atoms with Gasteiger partial charge in [-0.25, -0.2) is 4.98 Å². The standard InChI is InChI=1S/C26H35BN4O2/c1-4-16-33-21-14-8-18(9-15-21)25(32)29-20-12-10-19(11-13-20)28-23-6-5-7-24-30-22(17-31(23)24)26(2,3)27/h5-9,14-15,17,19-20,28H,4,10-13,16,27H2,1-3H3,(H,29,32). The van der Waals surface area contributed by atoms with Crippen molar-refractivity contribution in [2.45, 2.75) is 70.3 Å². The van der Waals surface area contributed by atoms with Crippen molar-refractivity contribution in [3.8, 4) is 5.75 Å². The molecule has 4 rings (SSSR count). The highest BCUT2D eigenvalue weighted by Crippen LogP contribution is 2.25. The number of anilines is 1. The fourth-order valence-corrected chi connectivity index (χ4v) is 4.27. The number of ether oxygens (including phenoxy) is 1. The van der Waals surface area contributed by atoms with Gasteiger partial charge < -0.3 is 15.4 Å². The van der Waals surface area contributed by atoms with Crippen LogP contribution in [0.15, 0.2) is 48.7 Å². The highest BCUT2D eigenvalue weighted by atomic mass is 16.5. The summed E-state index contributed by atoms with van der Waals surface area (Å²) in [5.41, 5.74) is 2.74. The molecule has 0 bridgehead atoms. The van der Waals surface area contributed by atoms with Gasteiger partial charge in [0.1, 0.15) is 25.1 Å². The topological polar surface area (TPSA) is 67.7 Å². The van der Waals surface area contributed by atoms with Crippen molar-refractivity contribution >= 4 is 25.2 Å². The van der Waals surface area contributed by atoms with Crippen LogP contribution in [0.5, 0.6) is 5.75 Å². The molecule has 3 aromatic rings. The van der Waals surface area contributed by atoms with E-state index in [1.165, 1.54) is 0 Å². The van der Waals surface area contributed by atoms with E-state index in [1.807, 2.05) is 24.3 Å². The van der Waals surface area contributed by atoms with Crippen molar-refractivity contribution < 1.29 is 9.53 Å². The summed E-state index contributed by atoms with van der Waals surface area (Å²) in [6.07, 6.45) is 7.08. The second-order valence-electron chi connectivity index (χ2n) is 10.1. The van der Waals surface area contributed by atoms with Gasteiger partial charge in [0.2, 0.25) is 0 Å². The Balaban J connectivity index is 1.31. The van der Waals surface area contributed by atoms with Crippen LogP contribution in [0.2, 0.25) is 0 Å². The first kappa shape index (κ1) is 23.2. The molecule has 1 aromatic carbocycles. The molecule has 0 atom stereocenters. The molecule has 6 nitrogen and oxygen atoms in total. The molecule has 33 heavy (non-hydrogen) atoms. The molecule has 7 heteroatoms. The van der Waals surface area contributed by atoms with E-state index in [4.69, 9.17) is 9.72 Å². The molecular formula is C26H35BN4O2. The monoisotopic (exact) mass is 446 g/mol. The lowest BCUT2D eigenvalue weighted by Gasteiger charge is -2.30. The van der Waals surface area contributed by atoms with Crippen molar-refractivity contribution in [1.29, 1.82) is 0 Å². The summed E-state index contributed by atoms with van der Waals surface area (Å²) in [6.45, 7) is 7.14. The Labute approximate surface area is 197 Å². The normalized spacial score (nSPS) is 18.8. The zero-order chi connectivity index (χ0) is 23.4.